The van der Waals surface area contributed by atoms with Gasteiger partial charge in [-0.25, -0.2) is 17.6 Å². The summed E-state index contributed by atoms with van der Waals surface area (Å²) in [6.45, 7) is 1.47. The lowest BCUT2D eigenvalue weighted by atomic mass is 9.72. The molecule has 1 N–H and O–H groups in total. The molecule has 0 bridgehead atoms. The summed E-state index contributed by atoms with van der Waals surface area (Å²) in [5.41, 5.74) is 1.83. The maximum atomic E-state index is 13.8. The van der Waals surface area contributed by atoms with Gasteiger partial charge in [-0.15, -0.1) is 11.8 Å². The molecule has 0 saturated carbocycles. The van der Waals surface area contributed by atoms with Crippen molar-refractivity contribution in [1.29, 1.82) is 0 Å². The standard InChI is InChI=1S/C29H32F4N2O3S/c1-38-20-4-5-26-23(13-20)22(19(17-30)18-34-26)3-2-6-29(16-27(36)37)7-9-35(10-8-29)11-12-39-21-14-24(31)28(33)25(32)15-21/h4-5,13-15,18H,2-3,6-12,16-17H2,1H3,(H,36,37). The average molecular weight is 565 g/mol. The van der Waals surface area contributed by atoms with Crippen molar-refractivity contribution >= 4 is 28.6 Å². The number of methoxy groups -OCH3 is 1. The van der Waals surface area contributed by atoms with Gasteiger partial charge in [-0.2, -0.15) is 0 Å². The van der Waals surface area contributed by atoms with E-state index in [4.69, 9.17) is 4.74 Å². The average Bonchev–Trinajstić information content (AvgIpc) is 2.92. The van der Waals surface area contributed by atoms with Crippen molar-refractivity contribution in [3.05, 3.63) is 65.1 Å². The Kier molecular flexibility index (Phi) is 9.71. The van der Waals surface area contributed by atoms with Gasteiger partial charge in [0.2, 0.25) is 0 Å². The number of fused-ring (bicyclic) bond motifs is 1. The van der Waals surface area contributed by atoms with Crippen LogP contribution in [0.1, 0.15) is 43.2 Å². The van der Waals surface area contributed by atoms with Crippen molar-refractivity contribution in [2.24, 2.45) is 5.41 Å². The van der Waals surface area contributed by atoms with E-state index < -0.39 is 30.1 Å². The molecule has 0 amide bonds. The van der Waals surface area contributed by atoms with Crippen molar-refractivity contribution < 1.29 is 32.2 Å². The molecule has 1 aromatic heterocycles. The Balaban J connectivity index is 1.36. The zero-order valence-corrected chi connectivity index (χ0v) is 22.6. The number of pyridine rings is 1. The van der Waals surface area contributed by atoms with E-state index in [1.165, 1.54) is 11.8 Å². The summed E-state index contributed by atoms with van der Waals surface area (Å²) < 4.78 is 59.3. The molecule has 1 fully saturated rings. The van der Waals surface area contributed by atoms with Gasteiger partial charge in [0.15, 0.2) is 17.5 Å². The van der Waals surface area contributed by atoms with Crippen LogP contribution < -0.4 is 4.74 Å². The third kappa shape index (κ3) is 7.22. The molecule has 0 radical (unpaired) electrons. The van der Waals surface area contributed by atoms with Gasteiger partial charge in [-0.1, -0.05) is 0 Å². The smallest absolute Gasteiger partial charge is 0.303 e. The quantitative estimate of drug-likeness (QED) is 0.148. The topological polar surface area (TPSA) is 62.7 Å². The number of aromatic nitrogens is 1. The highest BCUT2D eigenvalue weighted by atomic mass is 32.2. The predicted molar refractivity (Wildman–Crippen MR) is 143 cm³/mol. The van der Waals surface area contributed by atoms with E-state index in [2.05, 4.69) is 9.88 Å². The highest BCUT2D eigenvalue weighted by Gasteiger charge is 2.36. The van der Waals surface area contributed by atoms with Crippen LogP contribution >= 0.6 is 11.8 Å². The summed E-state index contributed by atoms with van der Waals surface area (Å²) in [5.74, 6) is -3.46. The SMILES string of the molecule is COc1ccc2ncc(CF)c(CCCC3(CC(=O)O)CCN(CCSc4cc(F)c(F)c(F)c4)CC3)c2c1. The number of carboxylic acids is 1. The number of rotatable bonds is 12. The summed E-state index contributed by atoms with van der Waals surface area (Å²) >= 11 is 1.25. The molecule has 1 aliphatic heterocycles. The molecule has 0 atom stereocenters. The highest BCUT2D eigenvalue weighted by Crippen LogP contribution is 2.40. The summed E-state index contributed by atoms with van der Waals surface area (Å²) in [5, 5.41) is 10.5. The van der Waals surface area contributed by atoms with Gasteiger partial charge in [0.05, 0.1) is 19.0 Å². The zero-order valence-electron chi connectivity index (χ0n) is 21.8. The number of aryl methyl sites for hydroxylation is 1. The van der Waals surface area contributed by atoms with E-state index in [1.54, 1.807) is 13.3 Å². The Morgan fingerprint density at radius 3 is 2.51 bits per heavy atom. The monoisotopic (exact) mass is 564 g/mol. The molecule has 1 aliphatic rings. The molecule has 0 spiro atoms. The largest absolute Gasteiger partial charge is 0.497 e. The number of alkyl halides is 1. The lowest BCUT2D eigenvalue weighted by Gasteiger charge is -2.41. The van der Waals surface area contributed by atoms with Gasteiger partial charge >= 0.3 is 5.97 Å². The second kappa shape index (κ2) is 13.0. The molecule has 39 heavy (non-hydrogen) atoms. The molecule has 1 saturated heterocycles. The van der Waals surface area contributed by atoms with Gasteiger partial charge in [0.25, 0.3) is 0 Å². The number of carbonyl (C=O) groups is 1. The van der Waals surface area contributed by atoms with Crippen LogP contribution in [0.3, 0.4) is 0 Å². The summed E-state index contributed by atoms with van der Waals surface area (Å²) in [7, 11) is 1.58. The second-order valence-electron chi connectivity index (χ2n) is 10.1. The first-order chi connectivity index (χ1) is 18.7. The molecule has 210 valence electrons. The fourth-order valence-electron chi connectivity index (χ4n) is 5.44. The lowest BCUT2D eigenvalue weighted by Crippen LogP contribution is -2.42. The van der Waals surface area contributed by atoms with Crippen LogP contribution in [-0.4, -0.2) is 53.5 Å². The van der Waals surface area contributed by atoms with Gasteiger partial charge < -0.3 is 14.7 Å². The molecule has 3 aromatic rings. The molecule has 10 heteroatoms. The Hall–Kier alpha value is -2.85. The van der Waals surface area contributed by atoms with Crippen molar-refractivity contribution in [3.8, 4) is 5.75 Å². The minimum Gasteiger partial charge on any atom is -0.497 e. The number of aliphatic carboxylic acids is 1. The van der Waals surface area contributed by atoms with Gasteiger partial charge in [0.1, 0.15) is 12.4 Å². The number of hydrogen-bond donors (Lipinski definition) is 1. The minimum atomic E-state index is -1.47. The molecule has 0 unspecified atom stereocenters. The zero-order chi connectivity index (χ0) is 28.0. The number of ether oxygens (including phenoxy) is 1. The molecule has 0 aliphatic carbocycles. The Morgan fingerprint density at radius 2 is 1.87 bits per heavy atom. The molecule has 4 rings (SSSR count). The summed E-state index contributed by atoms with van der Waals surface area (Å²) in [6, 6.07) is 7.53. The highest BCUT2D eigenvalue weighted by molar-refractivity contribution is 7.99. The van der Waals surface area contributed by atoms with Crippen LogP contribution in [0.4, 0.5) is 17.6 Å². The van der Waals surface area contributed by atoms with Gasteiger partial charge in [-0.05, 0) is 86.5 Å². The first-order valence-electron chi connectivity index (χ1n) is 13.0. The van der Waals surface area contributed by atoms with E-state index in [0.29, 0.717) is 73.7 Å². The maximum Gasteiger partial charge on any atom is 0.303 e. The molecule has 5 nitrogen and oxygen atoms in total. The van der Waals surface area contributed by atoms with Crippen LogP contribution in [0.2, 0.25) is 0 Å². The predicted octanol–water partition coefficient (Wildman–Crippen LogP) is 6.80. The van der Waals surface area contributed by atoms with E-state index in [-0.39, 0.29) is 11.8 Å². The van der Waals surface area contributed by atoms with Crippen LogP contribution in [0.25, 0.3) is 10.9 Å². The normalized spacial score (nSPS) is 15.5. The van der Waals surface area contributed by atoms with Crippen LogP contribution in [-0.2, 0) is 17.9 Å². The molecular weight excluding hydrogens is 532 g/mol. The second-order valence-corrected chi connectivity index (χ2v) is 11.3. The fraction of sp³-hybridized carbons (Fsp3) is 0.448. The fourth-order valence-corrected chi connectivity index (χ4v) is 6.40. The number of piperidine rings is 1. The third-order valence-electron chi connectivity index (χ3n) is 7.63. The van der Waals surface area contributed by atoms with E-state index >= 15 is 0 Å². The number of halogens is 4. The number of benzene rings is 2. The van der Waals surface area contributed by atoms with Crippen molar-refractivity contribution in [3.63, 3.8) is 0 Å². The molecule has 2 aromatic carbocycles. The minimum absolute atomic E-state index is 0.0740. The van der Waals surface area contributed by atoms with Gasteiger partial charge in [0, 0.05) is 34.3 Å². The summed E-state index contributed by atoms with van der Waals surface area (Å²) in [6.07, 6.45) is 5.10. The van der Waals surface area contributed by atoms with E-state index in [9.17, 15) is 27.5 Å². The van der Waals surface area contributed by atoms with Crippen LogP contribution in [0.5, 0.6) is 5.75 Å². The number of nitrogens with zero attached hydrogens (tertiary/aromatic N) is 2. The number of likely N-dealkylation sites (tertiary alicyclic amines) is 1. The summed E-state index contributed by atoms with van der Waals surface area (Å²) in [4.78, 5) is 18.7. The Morgan fingerprint density at radius 1 is 1.15 bits per heavy atom. The first-order valence-corrected chi connectivity index (χ1v) is 13.9. The Labute approximate surface area is 229 Å². The molecule has 2 heterocycles. The van der Waals surface area contributed by atoms with Crippen LogP contribution in [0, 0.1) is 22.9 Å². The van der Waals surface area contributed by atoms with Crippen molar-refractivity contribution in [1.82, 2.24) is 9.88 Å². The van der Waals surface area contributed by atoms with E-state index in [0.717, 1.165) is 28.6 Å². The van der Waals surface area contributed by atoms with E-state index in [1.807, 2.05) is 18.2 Å². The first kappa shape index (κ1) is 29.1. The number of hydrogen-bond acceptors (Lipinski definition) is 5. The Bertz CT molecular complexity index is 1290. The van der Waals surface area contributed by atoms with Crippen molar-refractivity contribution in [2.45, 2.75) is 50.1 Å². The lowest BCUT2D eigenvalue weighted by molar-refractivity contribution is -0.140. The number of thioether (sulfide) groups is 1. The number of carboxylic acid groups (broad SMARTS) is 1. The molecular formula is C29H32F4N2O3S. The third-order valence-corrected chi connectivity index (χ3v) is 8.59. The van der Waals surface area contributed by atoms with Gasteiger partial charge in [-0.3, -0.25) is 9.78 Å². The maximum absolute atomic E-state index is 13.8. The van der Waals surface area contributed by atoms with Crippen LogP contribution in [0.15, 0.2) is 41.4 Å². The van der Waals surface area contributed by atoms with Crippen molar-refractivity contribution in [2.75, 3.05) is 32.5 Å².